The zero-order valence-electron chi connectivity index (χ0n) is 10.3. The van der Waals surface area contributed by atoms with Gasteiger partial charge in [-0.05, 0) is 23.3 Å². The van der Waals surface area contributed by atoms with Gasteiger partial charge in [0.25, 0.3) is 0 Å². The van der Waals surface area contributed by atoms with Crippen molar-refractivity contribution in [3.8, 4) is 0 Å². The van der Waals surface area contributed by atoms with Crippen molar-refractivity contribution in [2.45, 2.75) is 6.18 Å². The van der Waals surface area contributed by atoms with Gasteiger partial charge in [0, 0.05) is 18.0 Å². The Morgan fingerprint density at radius 3 is 2.35 bits per heavy atom. The second kappa shape index (κ2) is 5.69. The molecular formula is C15H10F3NO. The molecule has 0 unspecified atom stereocenters. The minimum Gasteiger partial charge on any atom is -0.298 e. The van der Waals surface area contributed by atoms with Gasteiger partial charge in [-0.2, -0.15) is 13.2 Å². The molecule has 0 saturated heterocycles. The van der Waals surface area contributed by atoms with Gasteiger partial charge in [0.05, 0.1) is 5.56 Å². The van der Waals surface area contributed by atoms with E-state index in [2.05, 4.69) is 4.98 Å². The normalized spacial score (nSPS) is 11.8. The molecule has 0 fully saturated rings. The molecule has 5 heteroatoms. The molecule has 102 valence electrons. The molecule has 0 bridgehead atoms. The minimum atomic E-state index is -4.41. The third kappa shape index (κ3) is 3.54. The summed E-state index contributed by atoms with van der Waals surface area (Å²) in [6.45, 7) is 0. The van der Waals surface area contributed by atoms with Crippen molar-refractivity contribution in [2.24, 2.45) is 0 Å². The molecule has 1 aromatic carbocycles. The molecule has 0 saturated carbocycles. The van der Waals surface area contributed by atoms with Gasteiger partial charge >= 0.3 is 6.18 Å². The lowest BCUT2D eigenvalue weighted by Gasteiger charge is -2.05. The van der Waals surface area contributed by atoms with Gasteiger partial charge in [0.2, 0.25) is 0 Å². The first-order valence-electron chi connectivity index (χ1n) is 5.74. The van der Waals surface area contributed by atoms with Crippen LogP contribution in [0.4, 0.5) is 13.2 Å². The number of benzene rings is 1. The van der Waals surface area contributed by atoms with Crippen LogP contribution in [-0.4, -0.2) is 11.3 Å². The highest BCUT2D eigenvalue weighted by molar-refractivity contribution is 5.78. The van der Waals surface area contributed by atoms with Crippen LogP contribution in [0.1, 0.15) is 27.0 Å². The SMILES string of the molecule is O=Cc1cccc(/C=C/c2cncc(C(F)(F)F)c2)c1. The number of alkyl halides is 3. The van der Waals surface area contributed by atoms with E-state index < -0.39 is 11.7 Å². The molecule has 0 aliphatic carbocycles. The number of aromatic nitrogens is 1. The quantitative estimate of drug-likeness (QED) is 0.791. The van der Waals surface area contributed by atoms with Crippen molar-refractivity contribution in [3.05, 3.63) is 65.0 Å². The van der Waals surface area contributed by atoms with Crippen LogP contribution in [0.2, 0.25) is 0 Å². The van der Waals surface area contributed by atoms with E-state index >= 15 is 0 Å². The fourth-order valence-corrected chi connectivity index (χ4v) is 1.63. The van der Waals surface area contributed by atoms with Crippen LogP contribution in [-0.2, 0) is 6.18 Å². The number of pyridine rings is 1. The summed E-state index contributed by atoms with van der Waals surface area (Å²) < 4.78 is 37.6. The van der Waals surface area contributed by atoms with Crippen LogP contribution in [0.5, 0.6) is 0 Å². The van der Waals surface area contributed by atoms with E-state index in [0.717, 1.165) is 17.8 Å². The van der Waals surface area contributed by atoms with Crippen LogP contribution in [0.25, 0.3) is 12.2 Å². The van der Waals surface area contributed by atoms with E-state index in [1.54, 1.807) is 30.3 Å². The summed E-state index contributed by atoms with van der Waals surface area (Å²) in [5.74, 6) is 0. The largest absolute Gasteiger partial charge is 0.417 e. The van der Waals surface area contributed by atoms with Gasteiger partial charge in [-0.3, -0.25) is 9.78 Å². The average Bonchev–Trinajstić information content (AvgIpc) is 2.45. The third-order valence-electron chi connectivity index (χ3n) is 2.60. The van der Waals surface area contributed by atoms with E-state index in [-0.39, 0.29) is 0 Å². The first kappa shape index (κ1) is 14.0. The smallest absolute Gasteiger partial charge is 0.298 e. The molecule has 2 rings (SSSR count). The summed E-state index contributed by atoms with van der Waals surface area (Å²) in [6.07, 6.45) is 1.58. The number of rotatable bonds is 3. The molecule has 0 spiro atoms. The molecule has 2 aromatic rings. The lowest BCUT2D eigenvalue weighted by molar-refractivity contribution is -0.137. The fourth-order valence-electron chi connectivity index (χ4n) is 1.63. The monoisotopic (exact) mass is 277 g/mol. The Morgan fingerprint density at radius 1 is 0.950 bits per heavy atom. The zero-order chi connectivity index (χ0) is 14.6. The first-order valence-corrected chi connectivity index (χ1v) is 5.74. The number of hydrogen-bond acceptors (Lipinski definition) is 2. The van der Waals surface area contributed by atoms with Crippen molar-refractivity contribution < 1.29 is 18.0 Å². The van der Waals surface area contributed by atoms with Crippen LogP contribution < -0.4 is 0 Å². The van der Waals surface area contributed by atoms with E-state index in [1.807, 2.05) is 0 Å². The Hall–Kier alpha value is -2.43. The van der Waals surface area contributed by atoms with E-state index in [4.69, 9.17) is 0 Å². The number of carbonyl (C=O) groups is 1. The minimum absolute atomic E-state index is 0.344. The summed E-state index contributed by atoms with van der Waals surface area (Å²) in [7, 11) is 0. The van der Waals surface area contributed by atoms with Crippen LogP contribution in [0.15, 0.2) is 42.7 Å². The summed E-state index contributed by atoms with van der Waals surface area (Å²) >= 11 is 0. The molecule has 1 heterocycles. The maximum Gasteiger partial charge on any atom is 0.417 e. The maximum atomic E-state index is 12.5. The summed E-state index contributed by atoms with van der Waals surface area (Å²) in [6, 6.07) is 7.77. The number of aldehydes is 1. The highest BCUT2D eigenvalue weighted by atomic mass is 19.4. The predicted molar refractivity (Wildman–Crippen MR) is 70.0 cm³/mol. The molecule has 0 atom stereocenters. The maximum absolute atomic E-state index is 12.5. The Balaban J connectivity index is 2.25. The van der Waals surface area contributed by atoms with Gasteiger partial charge < -0.3 is 0 Å². The predicted octanol–water partition coefficient (Wildman–Crippen LogP) is 4.08. The molecule has 20 heavy (non-hydrogen) atoms. The van der Waals surface area contributed by atoms with E-state index in [0.29, 0.717) is 17.4 Å². The summed E-state index contributed by atoms with van der Waals surface area (Å²) in [5, 5.41) is 0. The summed E-state index contributed by atoms with van der Waals surface area (Å²) in [4.78, 5) is 14.2. The van der Waals surface area contributed by atoms with Crippen LogP contribution in [0.3, 0.4) is 0 Å². The van der Waals surface area contributed by atoms with Crippen LogP contribution >= 0.6 is 0 Å². The van der Waals surface area contributed by atoms with E-state index in [9.17, 15) is 18.0 Å². The molecule has 2 nitrogen and oxygen atoms in total. The van der Waals surface area contributed by atoms with E-state index in [1.165, 1.54) is 12.3 Å². The molecule has 0 aliphatic rings. The molecular weight excluding hydrogens is 267 g/mol. The molecule has 0 radical (unpaired) electrons. The second-order valence-corrected chi connectivity index (χ2v) is 4.13. The molecule has 0 amide bonds. The highest BCUT2D eigenvalue weighted by Gasteiger charge is 2.30. The Kier molecular flexibility index (Phi) is 3.98. The number of carbonyl (C=O) groups excluding carboxylic acids is 1. The van der Waals surface area contributed by atoms with Gasteiger partial charge in [0.15, 0.2) is 0 Å². The fraction of sp³-hybridized carbons (Fsp3) is 0.0667. The Labute approximate surface area is 113 Å². The van der Waals surface area contributed by atoms with Gasteiger partial charge in [-0.1, -0.05) is 30.4 Å². The van der Waals surface area contributed by atoms with Crippen molar-refractivity contribution >= 4 is 18.4 Å². The third-order valence-corrected chi connectivity index (χ3v) is 2.60. The number of halogens is 3. The zero-order valence-corrected chi connectivity index (χ0v) is 10.3. The summed E-state index contributed by atoms with van der Waals surface area (Å²) in [5.41, 5.74) is 0.791. The molecule has 0 aliphatic heterocycles. The van der Waals surface area contributed by atoms with Gasteiger partial charge in [0.1, 0.15) is 6.29 Å². The van der Waals surface area contributed by atoms with Crippen molar-refractivity contribution in [2.75, 3.05) is 0 Å². The number of nitrogens with zero attached hydrogens (tertiary/aromatic N) is 1. The van der Waals surface area contributed by atoms with Crippen LogP contribution in [0, 0.1) is 0 Å². The second-order valence-electron chi connectivity index (χ2n) is 4.13. The standard InChI is InChI=1S/C15H10F3NO/c16-15(17,18)14-7-12(8-19-9-14)5-4-11-2-1-3-13(6-11)10-20/h1-10H/b5-4+. The lowest BCUT2D eigenvalue weighted by Crippen LogP contribution is -2.05. The molecule has 0 N–H and O–H groups in total. The average molecular weight is 277 g/mol. The number of hydrogen-bond donors (Lipinski definition) is 0. The topological polar surface area (TPSA) is 30.0 Å². The van der Waals surface area contributed by atoms with Crippen molar-refractivity contribution in [3.63, 3.8) is 0 Å². The lowest BCUT2D eigenvalue weighted by atomic mass is 10.1. The molecule has 1 aromatic heterocycles. The van der Waals surface area contributed by atoms with Gasteiger partial charge in [-0.15, -0.1) is 0 Å². The Morgan fingerprint density at radius 2 is 1.65 bits per heavy atom. The Bertz CT molecular complexity index is 648. The van der Waals surface area contributed by atoms with Crippen molar-refractivity contribution in [1.29, 1.82) is 0 Å². The van der Waals surface area contributed by atoms with Crippen molar-refractivity contribution in [1.82, 2.24) is 4.98 Å². The first-order chi connectivity index (χ1) is 9.49. The highest BCUT2D eigenvalue weighted by Crippen LogP contribution is 2.29. The van der Waals surface area contributed by atoms with Gasteiger partial charge in [-0.25, -0.2) is 0 Å².